The summed E-state index contributed by atoms with van der Waals surface area (Å²) in [5.41, 5.74) is -0.251. The summed E-state index contributed by atoms with van der Waals surface area (Å²) in [7, 11) is 0. The molecule has 5 heteroatoms. The number of amides is 1. The van der Waals surface area contributed by atoms with Gasteiger partial charge in [-0.05, 0) is 37.8 Å². The summed E-state index contributed by atoms with van der Waals surface area (Å²) < 4.78 is 13.9. The third-order valence-electron chi connectivity index (χ3n) is 4.79. The Bertz CT molecular complexity index is 559. The number of nitrogens with one attached hydrogen (secondary N) is 1. The number of hydrogen-bond acceptors (Lipinski definition) is 3. The summed E-state index contributed by atoms with van der Waals surface area (Å²) in [6.45, 7) is 6.56. The lowest BCUT2D eigenvalue weighted by atomic mass is 9.84. The summed E-state index contributed by atoms with van der Waals surface area (Å²) in [5.74, 6) is -0.274. The average Bonchev–Trinajstić information content (AvgIpc) is 2.91. The van der Waals surface area contributed by atoms with Gasteiger partial charge in [0.05, 0.1) is 5.56 Å². The second-order valence-corrected chi connectivity index (χ2v) is 6.26. The van der Waals surface area contributed by atoms with Crippen molar-refractivity contribution in [1.82, 2.24) is 10.2 Å². The molecule has 2 N–H and O–H groups in total. The van der Waals surface area contributed by atoms with E-state index in [1.165, 1.54) is 12.1 Å². The highest BCUT2D eigenvalue weighted by Gasteiger charge is 2.51. The van der Waals surface area contributed by atoms with Crippen LogP contribution in [0.4, 0.5) is 4.39 Å². The van der Waals surface area contributed by atoms with E-state index in [1.54, 1.807) is 4.90 Å². The molecule has 2 fully saturated rings. The van der Waals surface area contributed by atoms with E-state index >= 15 is 0 Å². The van der Waals surface area contributed by atoms with Crippen LogP contribution in [0.25, 0.3) is 0 Å². The number of aromatic hydroxyl groups is 1. The SMILES string of the molecule is CC1(C)C2CNCC2CN1C(=O)c1ccc(O)cc1F. The lowest BCUT2D eigenvalue weighted by Crippen LogP contribution is -2.47. The third-order valence-corrected chi connectivity index (χ3v) is 4.79. The van der Waals surface area contributed by atoms with Gasteiger partial charge in [0.25, 0.3) is 5.91 Å². The van der Waals surface area contributed by atoms with Crippen LogP contribution in [0.2, 0.25) is 0 Å². The zero-order valence-corrected chi connectivity index (χ0v) is 11.7. The molecule has 0 radical (unpaired) electrons. The number of benzene rings is 1. The zero-order chi connectivity index (χ0) is 14.5. The highest BCUT2D eigenvalue weighted by Crippen LogP contribution is 2.41. The van der Waals surface area contributed by atoms with Crippen molar-refractivity contribution >= 4 is 5.91 Å². The summed E-state index contributed by atoms with van der Waals surface area (Å²) in [4.78, 5) is 14.4. The molecule has 4 nitrogen and oxygen atoms in total. The zero-order valence-electron chi connectivity index (χ0n) is 11.7. The minimum absolute atomic E-state index is 0.0313. The van der Waals surface area contributed by atoms with E-state index in [2.05, 4.69) is 5.32 Å². The van der Waals surface area contributed by atoms with Crippen molar-refractivity contribution in [2.75, 3.05) is 19.6 Å². The number of carbonyl (C=O) groups is 1. The van der Waals surface area contributed by atoms with E-state index in [1.807, 2.05) is 13.8 Å². The van der Waals surface area contributed by atoms with Crippen LogP contribution in [-0.4, -0.2) is 41.1 Å². The second-order valence-electron chi connectivity index (χ2n) is 6.26. The van der Waals surface area contributed by atoms with E-state index in [0.29, 0.717) is 18.4 Å². The van der Waals surface area contributed by atoms with Crippen LogP contribution in [0.3, 0.4) is 0 Å². The Labute approximate surface area is 117 Å². The highest BCUT2D eigenvalue weighted by molar-refractivity contribution is 5.95. The fraction of sp³-hybridized carbons (Fsp3) is 0.533. The lowest BCUT2D eigenvalue weighted by Gasteiger charge is -2.35. The van der Waals surface area contributed by atoms with Crippen molar-refractivity contribution in [3.63, 3.8) is 0 Å². The molecule has 2 unspecified atom stereocenters. The van der Waals surface area contributed by atoms with Gasteiger partial charge in [0.15, 0.2) is 0 Å². The van der Waals surface area contributed by atoms with Crippen LogP contribution in [0.5, 0.6) is 5.75 Å². The van der Waals surface area contributed by atoms with Gasteiger partial charge in [0, 0.05) is 31.2 Å². The van der Waals surface area contributed by atoms with Crippen LogP contribution >= 0.6 is 0 Å². The van der Waals surface area contributed by atoms with Gasteiger partial charge in [0.2, 0.25) is 0 Å². The largest absolute Gasteiger partial charge is 0.508 e. The fourth-order valence-corrected chi connectivity index (χ4v) is 3.59. The number of fused-ring (bicyclic) bond motifs is 1. The molecule has 0 spiro atoms. The predicted octanol–water partition coefficient (Wildman–Crippen LogP) is 1.60. The third kappa shape index (κ3) is 1.88. The number of halogens is 1. The molecule has 2 aliphatic rings. The Kier molecular flexibility index (Phi) is 2.97. The standard InChI is InChI=1S/C15H19FN2O2/c1-15(2)12-7-17-6-9(12)8-18(15)14(20)11-4-3-10(19)5-13(11)16/h3-5,9,12,17,19H,6-8H2,1-2H3. The van der Waals surface area contributed by atoms with Gasteiger partial charge in [-0.1, -0.05) is 0 Å². The normalized spacial score (nSPS) is 27.6. The first-order valence-corrected chi connectivity index (χ1v) is 6.92. The number of rotatable bonds is 1. The molecule has 1 amide bonds. The molecule has 0 bridgehead atoms. The molecule has 20 heavy (non-hydrogen) atoms. The molecule has 1 aromatic rings. The van der Waals surface area contributed by atoms with Gasteiger partial charge < -0.3 is 15.3 Å². The van der Waals surface area contributed by atoms with Crippen LogP contribution in [0, 0.1) is 17.7 Å². The fourth-order valence-electron chi connectivity index (χ4n) is 3.59. The summed E-state index contributed by atoms with van der Waals surface area (Å²) in [6, 6.07) is 3.69. The minimum Gasteiger partial charge on any atom is -0.508 e. The minimum atomic E-state index is -0.666. The van der Waals surface area contributed by atoms with Crippen LogP contribution < -0.4 is 5.32 Å². The predicted molar refractivity (Wildman–Crippen MR) is 73.0 cm³/mol. The van der Waals surface area contributed by atoms with Gasteiger partial charge in [0.1, 0.15) is 11.6 Å². The molecule has 1 aromatic carbocycles. The summed E-state index contributed by atoms with van der Waals surface area (Å²) >= 11 is 0. The molecule has 2 heterocycles. The number of likely N-dealkylation sites (tertiary alicyclic amines) is 1. The van der Waals surface area contributed by atoms with Crippen LogP contribution in [0.1, 0.15) is 24.2 Å². The number of phenols is 1. The first kappa shape index (κ1) is 13.4. The quantitative estimate of drug-likeness (QED) is 0.820. The van der Waals surface area contributed by atoms with Crippen molar-refractivity contribution in [2.24, 2.45) is 11.8 Å². The Morgan fingerprint density at radius 3 is 2.85 bits per heavy atom. The summed E-state index contributed by atoms with van der Waals surface area (Å²) in [6.07, 6.45) is 0. The Morgan fingerprint density at radius 1 is 1.45 bits per heavy atom. The molecule has 2 aliphatic heterocycles. The topological polar surface area (TPSA) is 52.6 Å². The van der Waals surface area contributed by atoms with Crippen molar-refractivity contribution in [3.8, 4) is 5.75 Å². The molecule has 0 aromatic heterocycles. The van der Waals surface area contributed by atoms with Gasteiger partial charge in [-0.25, -0.2) is 4.39 Å². The number of carbonyl (C=O) groups excluding carboxylic acids is 1. The monoisotopic (exact) mass is 278 g/mol. The molecule has 2 atom stereocenters. The molecule has 0 aliphatic carbocycles. The van der Waals surface area contributed by atoms with Gasteiger partial charge in [-0.15, -0.1) is 0 Å². The van der Waals surface area contributed by atoms with Crippen molar-refractivity contribution < 1.29 is 14.3 Å². The molecular formula is C15H19FN2O2. The molecule has 2 saturated heterocycles. The Hall–Kier alpha value is -1.62. The van der Waals surface area contributed by atoms with Crippen molar-refractivity contribution in [2.45, 2.75) is 19.4 Å². The van der Waals surface area contributed by atoms with E-state index in [4.69, 9.17) is 0 Å². The van der Waals surface area contributed by atoms with E-state index in [9.17, 15) is 14.3 Å². The van der Waals surface area contributed by atoms with Gasteiger partial charge in [-0.2, -0.15) is 0 Å². The summed E-state index contributed by atoms with van der Waals surface area (Å²) in [5, 5.41) is 12.6. The van der Waals surface area contributed by atoms with Crippen LogP contribution in [-0.2, 0) is 0 Å². The van der Waals surface area contributed by atoms with Gasteiger partial charge >= 0.3 is 0 Å². The molecule has 3 rings (SSSR count). The van der Waals surface area contributed by atoms with Crippen molar-refractivity contribution in [3.05, 3.63) is 29.6 Å². The van der Waals surface area contributed by atoms with E-state index in [-0.39, 0.29) is 22.8 Å². The average molecular weight is 278 g/mol. The lowest BCUT2D eigenvalue weighted by molar-refractivity contribution is 0.0598. The number of nitrogens with zero attached hydrogens (tertiary/aromatic N) is 1. The Balaban J connectivity index is 1.91. The maximum atomic E-state index is 13.9. The number of hydrogen-bond donors (Lipinski definition) is 2. The first-order chi connectivity index (χ1) is 9.41. The highest BCUT2D eigenvalue weighted by atomic mass is 19.1. The molecule has 0 saturated carbocycles. The number of phenolic OH excluding ortho intramolecular Hbond substituents is 1. The maximum Gasteiger partial charge on any atom is 0.257 e. The smallest absolute Gasteiger partial charge is 0.257 e. The van der Waals surface area contributed by atoms with Crippen molar-refractivity contribution in [1.29, 1.82) is 0 Å². The van der Waals surface area contributed by atoms with Gasteiger partial charge in [-0.3, -0.25) is 4.79 Å². The van der Waals surface area contributed by atoms with Crippen LogP contribution in [0.15, 0.2) is 18.2 Å². The van der Waals surface area contributed by atoms with E-state index in [0.717, 1.165) is 19.2 Å². The Morgan fingerprint density at radius 2 is 2.20 bits per heavy atom. The second kappa shape index (κ2) is 4.45. The van der Waals surface area contributed by atoms with E-state index < -0.39 is 5.82 Å². The maximum absolute atomic E-state index is 13.9. The first-order valence-electron chi connectivity index (χ1n) is 6.92. The molecule has 108 valence electrons. The molecular weight excluding hydrogens is 259 g/mol.